The first-order chi connectivity index (χ1) is 13.4. The number of aromatic nitrogens is 3. The molecule has 1 aliphatic heterocycles. The van der Waals surface area contributed by atoms with Crippen LogP contribution in [0, 0.1) is 6.92 Å². The van der Waals surface area contributed by atoms with E-state index in [2.05, 4.69) is 21.3 Å². The summed E-state index contributed by atoms with van der Waals surface area (Å²) in [6.45, 7) is 3.11. The van der Waals surface area contributed by atoms with E-state index in [9.17, 15) is 9.59 Å². The Kier molecular flexibility index (Phi) is 4.50. The minimum atomic E-state index is -0.0543. The molecule has 0 saturated heterocycles. The highest BCUT2D eigenvalue weighted by molar-refractivity contribution is 5.99. The number of aryl methyl sites for hydroxylation is 1. The van der Waals surface area contributed by atoms with Gasteiger partial charge in [0, 0.05) is 38.1 Å². The van der Waals surface area contributed by atoms with Crippen LogP contribution in [0.15, 0.2) is 36.5 Å². The fraction of sp³-hybridized carbons (Fsp3) is 0.286. The van der Waals surface area contributed by atoms with E-state index in [1.165, 1.54) is 0 Å². The summed E-state index contributed by atoms with van der Waals surface area (Å²) in [6.07, 6.45) is 4.65. The van der Waals surface area contributed by atoms with Gasteiger partial charge in [-0.15, -0.1) is 0 Å². The van der Waals surface area contributed by atoms with E-state index < -0.39 is 0 Å². The van der Waals surface area contributed by atoms with E-state index in [0.717, 1.165) is 34.0 Å². The number of hydrogen-bond acceptors (Lipinski definition) is 3. The van der Waals surface area contributed by atoms with Gasteiger partial charge in [0.1, 0.15) is 11.4 Å². The number of H-pyrrole nitrogens is 2. The third kappa shape index (κ3) is 3.19. The van der Waals surface area contributed by atoms with Crippen molar-refractivity contribution in [3.63, 3.8) is 0 Å². The molecule has 28 heavy (non-hydrogen) atoms. The minimum Gasteiger partial charge on any atom is -0.351 e. The molecular weight excluding hydrogens is 354 g/mol. The molecule has 0 fully saturated rings. The summed E-state index contributed by atoms with van der Waals surface area (Å²) < 4.78 is 0. The summed E-state index contributed by atoms with van der Waals surface area (Å²) in [5.74, 6) is -0.0817. The standard InChI is InChI=1S/C21H23N5O2/c1-13-11-22-24-19(13)21(28)26-8-4-5-16(12-26)14-6-7-15-10-18(20(27)25(2)3)23-17(15)9-14/h5-7,9-11,23H,4,8,12H2,1-3H3,(H,22,24). The molecule has 0 saturated carbocycles. The number of rotatable bonds is 3. The zero-order chi connectivity index (χ0) is 19.8. The van der Waals surface area contributed by atoms with Gasteiger partial charge in [-0.1, -0.05) is 18.2 Å². The van der Waals surface area contributed by atoms with Gasteiger partial charge in [-0.25, -0.2) is 0 Å². The van der Waals surface area contributed by atoms with E-state index >= 15 is 0 Å². The Morgan fingerprint density at radius 3 is 2.75 bits per heavy atom. The lowest BCUT2D eigenvalue weighted by Crippen LogP contribution is -2.36. The number of carbonyl (C=O) groups is 2. The number of aromatic amines is 2. The zero-order valence-corrected chi connectivity index (χ0v) is 16.2. The van der Waals surface area contributed by atoms with Crippen LogP contribution in [-0.2, 0) is 0 Å². The Balaban J connectivity index is 1.59. The lowest BCUT2D eigenvalue weighted by molar-refractivity contribution is 0.0767. The van der Waals surface area contributed by atoms with E-state index in [1.807, 2.05) is 36.1 Å². The van der Waals surface area contributed by atoms with Crippen molar-refractivity contribution in [1.82, 2.24) is 25.0 Å². The number of fused-ring (bicyclic) bond motifs is 1. The molecule has 2 amide bonds. The van der Waals surface area contributed by atoms with Gasteiger partial charge in [0.15, 0.2) is 0 Å². The summed E-state index contributed by atoms with van der Waals surface area (Å²) in [5, 5.41) is 7.75. The zero-order valence-electron chi connectivity index (χ0n) is 16.2. The highest BCUT2D eigenvalue weighted by atomic mass is 16.2. The molecule has 2 aromatic heterocycles. The van der Waals surface area contributed by atoms with Gasteiger partial charge >= 0.3 is 0 Å². The topological polar surface area (TPSA) is 85.1 Å². The Bertz CT molecular complexity index is 1090. The number of amides is 2. The molecule has 3 heterocycles. The third-order valence-electron chi connectivity index (χ3n) is 5.11. The van der Waals surface area contributed by atoms with E-state index in [4.69, 9.17) is 0 Å². The fourth-order valence-electron chi connectivity index (χ4n) is 3.53. The molecule has 7 nitrogen and oxygen atoms in total. The predicted molar refractivity (Wildman–Crippen MR) is 108 cm³/mol. The maximum atomic E-state index is 12.8. The number of hydrogen-bond donors (Lipinski definition) is 2. The number of nitrogens with one attached hydrogen (secondary N) is 2. The Morgan fingerprint density at radius 2 is 2.04 bits per heavy atom. The minimum absolute atomic E-state index is 0.0274. The molecule has 3 aromatic rings. The Morgan fingerprint density at radius 1 is 1.21 bits per heavy atom. The molecule has 144 valence electrons. The predicted octanol–water partition coefficient (Wildman–Crippen LogP) is 2.83. The molecule has 1 aromatic carbocycles. The van der Waals surface area contributed by atoms with Crippen molar-refractivity contribution in [2.45, 2.75) is 13.3 Å². The quantitative estimate of drug-likeness (QED) is 0.736. The number of benzene rings is 1. The summed E-state index contributed by atoms with van der Waals surface area (Å²) >= 11 is 0. The van der Waals surface area contributed by atoms with Crippen molar-refractivity contribution in [1.29, 1.82) is 0 Å². The maximum absolute atomic E-state index is 12.8. The summed E-state index contributed by atoms with van der Waals surface area (Å²) in [5.41, 5.74) is 5.04. The number of carbonyl (C=O) groups excluding carboxylic acids is 2. The molecule has 0 atom stereocenters. The lowest BCUT2D eigenvalue weighted by atomic mass is 9.99. The van der Waals surface area contributed by atoms with Crippen LogP contribution in [0.1, 0.15) is 38.5 Å². The van der Waals surface area contributed by atoms with E-state index in [0.29, 0.717) is 24.5 Å². The third-order valence-corrected chi connectivity index (χ3v) is 5.11. The second kappa shape index (κ2) is 6.99. The largest absolute Gasteiger partial charge is 0.351 e. The van der Waals surface area contributed by atoms with Gasteiger partial charge in [-0.2, -0.15) is 5.10 Å². The van der Waals surface area contributed by atoms with Gasteiger partial charge in [0.05, 0.1) is 6.20 Å². The molecule has 0 aliphatic carbocycles. The van der Waals surface area contributed by atoms with Gasteiger partial charge in [-0.3, -0.25) is 14.7 Å². The first-order valence-electron chi connectivity index (χ1n) is 9.27. The molecule has 4 rings (SSSR count). The SMILES string of the molecule is Cc1cn[nH]c1C(=O)N1CCC=C(c2ccc3cc(C(=O)N(C)C)[nH]c3c2)C1. The first kappa shape index (κ1) is 18.0. The average Bonchev–Trinajstić information content (AvgIpc) is 3.32. The van der Waals surface area contributed by atoms with Crippen LogP contribution < -0.4 is 0 Å². The van der Waals surface area contributed by atoms with E-state index in [1.54, 1.807) is 25.2 Å². The first-order valence-corrected chi connectivity index (χ1v) is 9.27. The summed E-state index contributed by atoms with van der Waals surface area (Å²) in [4.78, 5) is 31.6. The molecule has 0 unspecified atom stereocenters. The Hall–Kier alpha value is -3.35. The van der Waals surface area contributed by atoms with Crippen molar-refractivity contribution in [3.8, 4) is 0 Å². The van der Waals surface area contributed by atoms with Crippen LogP contribution in [0.3, 0.4) is 0 Å². The average molecular weight is 377 g/mol. The molecule has 0 bridgehead atoms. The molecule has 0 radical (unpaired) electrons. The lowest BCUT2D eigenvalue weighted by Gasteiger charge is -2.27. The van der Waals surface area contributed by atoms with Crippen molar-refractivity contribution >= 4 is 28.3 Å². The second-order valence-corrected chi connectivity index (χ2v) is 7.36. The van der Waals surface area contributed by atoms with Crippen LogP contribution in [0.25, 0.3) is 16.5 Å². The second-order valence-electron chi connectivity index (χ2n) is 7.36. The van der Waals surface area contributed by atoms with Gasteiger partial charge in [0.2, 0.25) is 0 Å². The van der Waals surface area contributed by atoms with Crippen LogP contribution in [0.5, 0.6) is 0 Å². The van der Waals surface area contributed by atoms with E-state index in [-0.39, 0.29) is 11.8 Å². The summed E-state index contributed by atoms with van der Waals surface area (Å²) in [6, 6.07) is 7.96. The maximum Gasteiger partial charge on any atom is 0.272 e. The van der Waals surface area contributed by atoms with Crippen LogP contribution in [0.4, 0.5) is 0 Å². The Labute approximate surface area is 163 Å². The van der Waals surface area contributed by atoms with Crippen molar-refractivity contribution < 1.29 is 9.59 Å². The number of nitrogens with zero attached hydrogens (tertiary/aromatic N) is 3. The monoisotopic (exact) mass is 377 g/mol. The van der Waals surface area contributed by atoms with Crippen molar-refractivity contribution in [2.24, 2.45) is 0 Å². The van der Waals surface area contributed by atoms with Crippen LogP contribution >= 0.6 is 0 Å². The molecule has 7 heteroatoms. The van der Waals surface area contributed by atoms with Gasteiger partial charge in [0.25, 0.3) is 11.8 Å². The fourth-order valence-corrected chi connectivity index (χ4v) is 3.53. The van der Waals surface area contributed by atoms with Crippen molar-refractivity contribution in [3.05, 3.63) is 59.1 Å². The summed E-state index contributed by atoms with van der Waals surface area (Å²) in [7, 11) is 3.47. The molecule has 0 spiro atoms. The molecular formula is C21H23N5O2. The van der Waals surface area contributed by atoms with Gasteiger partial charge < -0.3 is 14.8 Å². The normalized spacial score (nSPS) is 14.2. The molecule has 1 aliphatic rings. The van der Waals surface area contributed by atoms with Crippen LogP contribution in [0.2, 0.25) is 0 Å². The van der Waals surface area contributed by atoms with Crippen molar-refractivity contribution in [2.75, 3.05) is 27.2 Å². The van der Waals surface area contributed by atoms with Crippen LogP contribution in [-0.4, -0.2) is 64.0 Å². The highest BCUT2D eigenvalue weighted by Crippen LogP contribution is 2.26. The molecule has 2 N–H and O–H groups in total. The smallest absolute Gasteiger partial charge is 0.272 e. The highest BCUT2D eigenvalue weighted by Gasteiger charge is 2.23. The van der Waals surface area contributed by atoms with Gasteiger partial charge in [-0.05, 0) is 42.2 Å².